The van der Waals surface area contributed by atoms with Crippen LogP contribution >= 0.6 is 11.8 Å². The monoisotopic (exact) mass is 375 g/mol. The summed E-state index contributed by atoms with van der Waals surface area (Å²) in [6.45, 7) is 2.00. The van der Waals surface area contributed by atoms with E-state index in [1.54, 1.807) is 14.2 Å². The van der Waals surface area contributed by atoms with Gasteiger partial charge in [-0.25, -0.2) is 4.98 Å². The highest BCUT2D eigenvalue weighted by Gasteiger charge is 2.18. The fourth-order valence-corrected chi connectivity index (χ4v) is 4.04. The molecule has 0 amide bonds. The third kappa shape index (κ3) is 4.41. The van der Waals surface area contributed by atoms with Gasteiger partial charge < -0.3 is 14.2 Å². The van der Waals surface area contributed by atoms with Gasteiger partial charge in [0.2, 0.25) is 0 Å². The maximum atomic E-state index is 12.1. The number of aromatic nitrogens is 1. The second kappa shape index (κ2) is 8.62. The van der Waals surface area contributed by atoms with Crippen molar-refractivity contribution in [3.05, 3.63) is 23.8 Å². The van der Waals surface area contributed by atoms with E-state index in [0.717, 1.165) is 47.2 Å². The predicted molar refractivity (Wildman–Crippen MR) is 103 cm³/mol. The quantitative estimate of drug-likeness (QED) is 0.546. The predicted octanol–water partition coefficient (Wildman–Crippen LogP) is 4.53. The summed E-state index contributed by atoms with van der Waals surface area (Å²) in [6, 6.07) is 5.83. The summed E-state index contributed by atoms with van der Waals surface area (Å²) in [6.07, 6.45) is 5.64. The van der Waals surface area contributed by atoms with Gasteiger partial charge in [-0.3, -0.25) is 4.79 Å². The summed E-state index contributed by atoms with van der Waals surface area (Å²) in [5.74, 6) is 1.44. The van der Waals surface area contributed by atoms with Crippen LogP contribution < -0.4 is 9.47 Å². The van der Waals surface area contributed by atoms with Gasteiger partial charge in [-0.15, -0.1) is 0 Å². The van der Waals surface area contributed by atoms with Gasteiger partial charge in [-0.05, 0) is 50.3 Å². The first-order chi connectivity index (χ1) is 12.6. The van der Waals surface area contributed by atoms with Crippen LogP contribution in [0.5, 0.6) is 11.5 Å². The molecular formula is C20H25NO4S. The van der Waals surface area contributed by atoms with Crippen molar-refractivity contribution in [2.24, 2.45) is 0 Å². The van der Waals surface area contributed by atoms with Crippen molar-refractivity contribution in [1.82, 2.24) is 4.98 Å². The molecule has 0 radical (unpaired) electrons. The van der Waals surface area contributed by atoms with Crippen molar-refractivity contribution in [1.29, 1.82) is 0 Å². The SMILES string of the molecule is COc1cc2cc(C)c(SCC(=O)OC3CCCCC3)nc2cc1OC. The lowest BCUT2D eigenvalue weighted by Crippen LogP contribution is -2.21. The van der Waals surface area contributed by atoms with E-state index in [1.165, 1.54) is 18.2 Å². The highest BCUT2D eigenvalue weighted by Crippen LogP contribution is 2.33. The van der Waals surface area contributed by atoms with Crippen molar-refractivity contribution < 1.29 is 19.0 Å². The molecule has 1 aliphatic carbocycles. The van der Waals surface area contributed by atoms with Crippen LogP contribution in [-0.2, 0) is 9.53 Å². The average Bonchev–Trinajstić information content (AvgIpc) is 2.66. The van der Waals surface area contributed by atoms with Crippen LogP contribution in [0.4, 0.5) is 0 Å². The molecule has 0 unspecified atom stereocenters. The number of thioether (sulfide) groups is 1. The van der Waals surface area contributed by atoms with E-state index in [9.17, 15) is 4.79 Å². The Morgan fingerprint density at radius 1 is 1.12 bits per heavy atom. The van der Waals surface area contributed by atoms with Gasteiger partial charge in [0.05, 0.1) is 25.5 Å². The molecule has 6 heteroatoms. The van der Waals surface area contributed by atoms with Crippen LogP contribution in [-0.4, -0.2) is 37.0 Å². The largest absolute Gasteiger partial charge is 0.493 e. The van der Waals surface area contributed by atoms with E-state index in [0.29, 0.717) is 11.5 Å². The number of pyridine rings is 1. The lowest BCUT2D eigenvalue weighted by atomic mass is 9.98. The van der Waals surface area contributed by atoms with Crippen LogP contribution in [0.25, 0.3) is 10.9 Å². The molecule has 0 spiro atoms. The van der Waals surface area contributed by atoms with E-state index < -0.39 is 0 Å². The first-order valence-electron chi connectivity index (χ1n) is 8.96. The van der Waals surface area contributed by atoms with Gasteiger partial charge in [0.25, 0.3) is 0 Å². The number of hydrogen-bond donors (Lipinski definition) is 0. The molecule has 1 aromatic heterocycles. The summed E-state index contributed by atoms with van der Waals surface area (Å²) in [4.78, 5) is 16.8. The lowest BCUT2D eigenvalue weighted by Gasteiger charge is -2.21. The lowest BCUT2D eigenvalue weighted by molar-refractivity contribution is -0.147. The Morgan fingerprint density at radius 2 is 1.81 bits per heavy atom. The Bertz CT molecular complexity index is 787. The van der Waals surface area contributed by atoms with E-state index in [2.05, 4.69) is 6.07 Å². The highest BCUT2D eigenvalue weighted by molar-refractivity contribution is 7.99. The first-order valence-corrected chi connectivity index (χ1v) is 9.95. The third-order valence-electron chi connectivity index (χ3n) is 4.64. The minimum absolute atomic E-state index is 0.0965. The Balaban J connectivity index is 1.70. The fourth-order valence-electron chi connectivity index (χ4n) is 3.27. The molecule has 1 fully saturated rings. The smallest absolute Gasteiger partial charge is 0.316 e. The summed E-state index contributed by atoms with van der Waals surface area (Å²) in [5, 5.41) is 1.82. The van der Waals surface area contributed by atoms with Gasteiger partial charge >= 0.3 is 5.97 Å². The highest BCUT2D eigenvalue weighted by atomic mass is 32.2. The zero-order chi connectivity index (χ0) is 18.5. The number of benzene rings is 1. The maximum absolute atomic E-state index is 12.1. The topological polar surface area (TPSA) is 57.7 Å². The number of hydrogen-bond acceptors (Lipinski definition) is 6. The molecule has 0 saturated heterocycles. The van der Waals surface area contributed by atoms with Crippen LogP contribution in [0, 0.1) is 6.92 Å². The normalized spacial score (nSPS) is 15.0. The Morgan fingerprint density at radius 3 is 2.50 bits per heavy atom. The average molecular weight is 375 g/mol. The van der Waals surface area contributed by atoms with Gasteiger partial charge in [0.15, 0.2) is 11.5 Å². The van der Waals surface area contributed by atoms with Gasteiger partial charge in [-0.1, -0.05) is 18.2 Å². The van der Waals surface area contributed by atoms with Crippen molar-refractivity contribution in [2.75, 3.05) is 20.0 Å². The number of carbonyl (C=O) groups excluding carboxylic acids is 1. The summed E-state index contributed by atoms with van der Waals surface area (Å²) in [7, 11) is 3.22. The van der Waals surface area contributed by atoms with Gasteiger partial charge in [0.1, 0.15) is 11.1 Å². The second-order valence-electron chi connectivity index (χ2n) is 6.55. The van der Waals surface area contributed by atoms with Crippen LogP contribution in [0.2, 0.25) is 0 Å². The van der Waals surface area contributed by atoms with Crippen LogP contribution in [0.3, 0.4) is 0 Å². The molecule has 26 heavy (non-hydrogen) atoms. The van der Waals surface area contributed by atoms with Crippen LogP contribution in [0.15, 0.2) is 23.2 Å². The number of ether oxygens (including phenoxy) is 3. The molecule has 1 saturated carbocycles. The van der Waals surface area contributed by atoms with Crippen molar-refractivity contribution in [3.8, 4) is 11.5 Å². The van der Waals surface area contributed by atoms with Crippen LogP contribution in [0.1, 0.15) is 37.7 Å². The molecule has 3 rings (SSSR count). The summed E-state index contributed by atoms with van der Waals surface area (Å²) < 4.78 is 16.3. The molecular weight excluding hydrogens is 350 g/mol. The summed E-state index contributed by atoms with van der Waals surface area (Å²) in [5.41, 5.74) is 1.84. The molecule has 0 N–H and O–H groups in total. The molecule has 1 aliphatic rings. The second-order valence-corrected chi connectivity index (χ2v) is 7.51. The molecule has 1 heterocycles. The Kier molecular flexibility index (Phi) is 6.25. The van der Waals surface area contributed by atoms with Crippen molar-refractivity contribution in [3.63, 3.8) is 0 Å². The van der Waals surface area contributed by atoms with E-state index in [4.69, 9.17) is 19.2 Å². The van der Waals surface area contributed by atoms with Crippen molar-refractivity contribution >= 4 is 28.6 Å². The number of fused-ring (bicyclic) bond motifs is 1. The van der Waals surface area contributed by atoms with E-state index >= 15 is 0 Å². The molecule has 2 aromatic rings. The number of rotatable bonds is 6. The maximum Gasteiger partial charge on any atom is 0.316 e. The number of methoxy groups -OCH3 is 2. The minimum Gasteiger partial charge on any atom is -0.493 e. The number of aryl methyl sites for hydroxylation is 1. The fraction of sp³-hybridized carbons (Fsp3) is 0.500. The molecule has 1 aromatic carbocycles. The Hall–Kier alpha value is -1.95. The standard InChI is InChI=1S/C20H25NO4S/c1-13-9-14-10-17(23-2)18(24-3)11-16(14)21-20(13)26-12-19(22)25-15-7-5-4-6-8-15/h9-11,15H,4-8,12H2,1-3H3. The zero-order valence-corrected chi connectivity index (χ0v) is 16.4. The Labute approximate surface area is 158 Å². The van der Waals surface area contributed by atoms with Gasteiger partial charge in [-0.2, -0.15) is 0 Å². The molecule has 140 valence electrons. The number of carbonyl (C=O) groups is 1. The number of esters is 1. The first kappa shape index (κ1) is 18.8. The summed E-state index contributed by atoms with van der Waals surface area (Å²) >= 11 is 1.42. The molecule has 0 atom stereocenters. The third-order valence-corrected chi connectivity index (χ3v) is 5.71. The van der Waals surface area contributed by atoms with E-state index in [-0.39, 0.29) is 17.8 Å². The number of nitrogens with zero attached hydrogens (tertiary/aromatic N) is 1. The zero-order valence-electron chi connectivity index (χ0n) is 15.5. The molecule has 5 nitrogen and oxygen atoms in total. The van der Waals surface area contributed by atoms with E-state index in [1.807, 2.05) is 19.1 Å². The van der Waals surface area contributed by atoms with Gasteiger partial charge in [0, 0.05) is 11.5 Å². The minimum atomic E-state index is -0.157. The molecule has 0 aliphatic heterocycles. The molecule has 0 bridgehead atoms. The van der Waals surface area contributed by atoms with Crippen molar-refractivity contribution in [2.45, 2.75) is 50.2 Å².